The molecule has 390 valence electrons. The molecule has 2 aromatic carbocycles. The van der Waals surface area contributed by atoms with Crippen LogP contribution < -0.4 is 54.8 Å². The van der Waals surface area contributed by atoms with E-state index in [1.165, 1.54) is 12.5 Å². The Labute approximate surface area is 412 Å². The Kier molecular flexibility index (Phi) is 22.0. The van der Waals surface area contributed by atoms with Crippen LogP contribution in [-0.2, 0) is 62.4 Å². The van der Waals surface area contributed by atoms with Crippen LogP contribution in [0.25, 0.3) is 10.9 Å². The number of benzene rings is 2. The summed E-state index contributed by atoms with van der Waals surface area (Å²) < 4.78 is 33.1. The fourth-order valence-electron chi connectivity index (χ4n) is 7.38. The molecule has 0 unspecified atom stereocenters. The SMILES string of the molecule is COC(=O)CNC(=O)[C@H](Cc1c[nH]c2ccccc12)NC(=O)[C@H](CCCN=C(N)N)NC(=O)[C@@H](Cc1ccccc1)NC(=O)[C@H](Cc1cnc[nH]1)NC(=O)[C@H](CCC(=O)O)NC(=O)[C@](N)(CCCN)C(F)F. The van der Waals surface area contributed by atoms with Crippen molar-refractivity contribution >= 4 is 64.2 Å². The topological polar surface area (TPSA) is 399 Å². The molecule has 24 nitrogen and oxygen atoms in total. The summed E-state index contributed by atoms with van der Waals surface area (Å²) >= 11 is 0. The lowest BCUT2D eigenvalue weighted by molar-refractivity contribution is -0.141. The highest BCUT2D eigenvalue weighted by Gasteiger charge is 2.44. The van der Waals surface area contributed by atoms with Gasteiger partial charge in [0.2, 0.25) is 35.4 Å². The van der Waals surface area contributed by atoms with Gasteiger partial charge in [-0.25, -0.2) is 13.8 Å². The fraction of sp³-hybridized carbons (Fsp3) is 0.435. The van der Waals surface area contributed by atoms with Gasteiger partial charge >= 0.3 is 11.9 Å². The molecule has 0 bridgehead atoms. The van der Waals surface area contributed by atoms with E-state index >= 15 is 0 Å². The Bertz CT molecular complexity index is 2490. The number of nitrogens with two attached hydrogens (primary N) is 4. The number of methoxy groups -OCH3 is 1. The predicted octanol–water partition coefficient (Wildman–Crippen LogP) is -1.75. The van der Waals surface area contributed by atoms with E-state index in [0.717, 1.165) is 18.0 Å². The number of aliphatic imine (C=N–C) groups is 1. The van der Waals surface area contributed by atoms with Crippen LogP contribution in [-0.4, -0.2) is 142 Å². The summed E-state index contributed by atoms with van der Waals surface area (Å²) in [7, 11) is 1.14. The Morgan fingerprint density at radius 3 is 1.96 bits per heavy atom. The number of carboxylic acid groups (broad SMARTS) is 1. The molecule has 0 spiro atoms. The van der Waals surface area contributed by atoms with Crippen LogP contribution in [0.3, 0.4) is 0 Å². The number of imidazole rings is 1. The van der Waals surface area contributed by atoms with Gasteiger partial charge in [-0.3, -0.25) is 43.3 Å². The van der Waals surface area contributed by atoms with Crippen molar-refractivity contribution in [3.63, 3.8) is 0 Å². The lowest BCUT2D eigenvalue weighted by Gasteiger charge is -2.30. The van der Waals surface area contributed by atoms with Crippen molar-refractivity contribution in [2.24, 2.45) is 27.9 Å². The number of H-pyrrole nitrogens is 2. The Balaban J connectivity index is 1.67. The number of rotatable bonds is 30. The molecule has 0 aliphatic carbocycles. The summed E-state index contributed by atoms with van der Waals surface area (Å²) in [5.41, 5.74) is 21.8. The molecule has 2 heterocycles. The van der Waals surface area contributed by atoms with Gasteiger partial charge in [0.15, 0.2) is 11.5 Å². The third-order valence-electron chi connectivity index (χ3n) is 11.3. The number of aromatic nitrogens is 3. The molecule has 0 saturated heterocycles. The standard InChI is InChI=1S/C46H62F2N14O10/c1-72-37(65)24-56-38(66)34(20-27-22-55-30-12-6-5-11-29(27)30)60-39(67)31(13-7-18-54-45(50)51)58-41(69)33(19-26-9-3-2-4-10-26)59-42(70)35(21-28-23-53-25-57-28)61-40(68)32(14-15-36(63)64)62-44(71)46(52,43(47)48)16-8-17-49/h2-6,9-12,22-23,25,31-35,43,55H,7-8,13-21,24,49,52H2,1H3,(H,53,57)(H,56,66)(H,58,69)(H,59,70)(H,60,67)(H,61,68)(H,62,71)(H,63,64)(H4,50,51,54)/t31-,32-,33+,34-,35-,46-/m0/s1. The second-order valence-electron chi connectivity index (χ2n) is 16.7. The number of guanidine groups is 1. The largest absolute Gasteiger partial charge is 0.481 e. The van der Waals surface area contributed by atoms with Crippen LogP contribution in [0.1, 0.15) is 55.3 Å². The number of carbonyl (C=O) groups is 8. The minimum absolute atomic E-state index is 0.0234. The van der Waals surface area contributed by atoms with Crippen LogP contribution in [0.4, 0.5) is 8.78 Å². The first-order valence-corrected chi connectivity index (χ1v) is 22.8. The number of aliphatic carboxylic acids is 1. The Hall–Kier alpha value is -8.00. The molecule has 6 amide bonds. The van der Waals surface area contributed by atoms with E-state index in [1.807, 2.05) is 18.2 Å². The summed E-state index contributed by atoms with van der Waals surface area (Å²) in [5.74, 6) is -8.49. The van der Waals surface area contributed by atoms with Crippen molar-refractivity contribution < 1.29 is 57.0 Å². The second-order valence-corrected chi connectivity index (χ2v) is 16.7. The Morgan fingerprint density at radius 1 is 0.764 bits per heavy atom. The van der Waals surface area contributed by atoms with Crippen LogP contribution >= 0.6 is 0 Å². The number of aromatic amines is 2. The normalized spacial score (nSPS) is 14.0. The van der Waals surface area contributed by atoms with Crippen molar-refractivity contribution in [3.8, 4) is 0 Å². The number of hydrogen-bond acceptors (Lipinski definition) is 13. The van der Waals surface area contributed by atoms with Crippen LogP contribution in [0.15, 0.2) is 78.3 Å². The molecule has 0 radical (unpaired) electrons. The maximum Gasteiger partial charge on any atom is 0.325 e. The zero-order valence-electron chi connectivity index (χ0n) is 39.5. The fourth-order valence-corrected chi connectivity index (χ4v) is 7.38. The molecule has 4 aromatic rings. The molecule has 72 heavy (non-hydrogen) atoms. The first kappa shape index (κ1) is 56.6. The van der Waals surface area contributed by atoms with E-state index < -0.39 is 115 Å². The van der Waals surface area contributed by atoms with Gasteiger partial charge in [0.1, 0.15) is 36.8 Å². The highest BCUT2D eigenvalue weighted by atomic mass is 19.3. The van der Waals surface area contributed by atoms with Gasteiger partial charge in [-0.15, -0.1) is 0 Å². The molecular formula is C46H62F2N14O10. The van der Waals surface area contributed by atoms with Gasteiger partial charge in [-0.2, -0.15) is 0 Å². The molecule has 0 fully saturated rings. The number of amides is 6. The summed E-state index contributed by atoms with van der Waals surface area (Å²) in [5, 5.41) is 25.2. The van der Waals surface area contributed by atoms with Gasteiger partial charge in [-0.05, 0) is 55.8 Å². The zero-order chi connectivity index (χ0) is 52.8. The molecule has 4 rings (SSSR count). The maximum absolute atomic E-state index is 14.5. The lowest BCUT2D eigenvalue weighted by atomic mass is 9.93. The molecule has 17 N–H and O–H groups in total. The number of nitrogens with zero attached hydrogens (tertiary/aromatic N) is 2. The third kappa shape index (κ3) is 17.4. The van der Waals surface area contributed by atoms with Crippen LogP contribution in [0.2, 0.25) is 0 Å². The average Bonchev–Trinajstić information content (AvgIpc) is 4.03. The smallest absolute Gasteiger partial charge is 0.325 e. The van der Waals surface area contributed by atoms with E-state index in [2.05, 4.69) is 56.6 Å². The summed E-state index contributed by atoms with van der Waals surface area (Å²) in [6, 6.07) is 8.02. The number of halogens is 2. The summed E-state index contributed by atoms with van der Waals surface area (Å²) in [6.45, 7) is -0.583. The first-order chi connectivity index (χ1) is 34.3. The van der Waals surface area contributed by atoms with Crippen molar-refractivity contribution in [1.82, 2.24) is 46.9 Å². The van der Waals surface area contributed by atoms with Crippen LogP contribution in [0, 0.1) is 0 Å². The predicted molar refractivity (Wildman–Crippen MR) is 257 cm³/mol. The Morgan fingerprint density at radius 2 is 1.36 bits per heavy atom. The quantitative estimate of drug-likeness (QED) is 0.0119. The van der Waals surface area contributed by atoms with E-state index in [4.69, 9.17) is 22.9 Å². The molecule has 6 atom stereocenters. The molecule has 26 heteroatoms. The summed E-state index contributed by atoms with van der Waals surface area (Å²) in [4.78, 5) is 122. The van der Waals surface area contributed by atoms with Gasteiger partial charge in [-0.1, -0.05) is 48.5 Å². The van der Waals surface area contributed by atoms with Crippen molar-refractivity contribution in [2.45, 2.75) is 100.0 Å². The first-order valence-electron chi connectivity index (χ1n) is 22.8. The second kappa shape index (κ2) is 28.0. The van der Waals surface area contributed by atoms with Gasteiger partial charge in [0.25, 0.3) is 6.43 Å². The van der Waals surface area contributed by atoms with E-state index in [-0.39, 0.29) is 57.6 Å². The molecule has 0 aliphatic heterocycles. The van der Waals surface area contributed by atoms with Gasteiger partial charge in [0, 0.05) is 61.2 Å². The molecule has 0 aliphatic rings. The number of carboxylic acids is 1. The van der Waals surface area contributed by atoms with Crippen molar-refractivity contribution in [1.29, 1.82) is 0 Å². The number of carbonyl (C=O) groups excluding carboxylic acids is 7. The van der Waals surface area contributed by atoms with Gasteiger partial charge in [0.05, 0.1) is 13.4 Å². The number of para-hydroxylation sites is 1. The number of nitrogens with one attached hydrogen (secondary N) is 8. The van der Waals surface area contributed by atoms with Crippen LogP contribution in [0.5, 0.6) is 0 Å². The number of fused-ring (bicyclic) bond motifs is 1. The molecule has 0 saturated carbocycles. The lowest BCUT2D eigenvalue weighted by Crippen LogP contribution is -2.63. The minimum atomic E-state index is -3.41. The maximum atomic E-state index is 14.5. The molecule has 2 aromatic heterocycles. The van der Waals surface area contributed by atoms with Gasteiger partial charge < -0.3 is 74.6 Å². The summed E-state index contributed by atoms with van der Waals surface area (Å²) in [6.07, 6.45) is -1.67. The molecular weight excluding hydrogens is 947 g/mol. The zero-order valence-corrected chi connectivity index (χ0v) is 39.5. The number of ether oxygens (including phenoxy) is 1. The third-order valence-corrected chi connectivity index (χ3v) is 11.3. The minimum Gasteiger partial charge on any atom is -0.481 e. The number of hydrogen-bond donors (Lipinski definition) is 13. The highest BCUT2D eigenvalue weighted by molar-refractivity contribution is 5.98. The van der Waals surface area contributed by atoms with E-state index in [9.17, 15) is 52.2 Å². The number of alkyl halides is 2. The van der Waals surface area contributed by atoms with E-state index in [1.54, 1.807) is 42.6 Å². The monoisotopic (exact) mass is 1010 g/mol. The van der Waals surface area contributed by atoms with Crippen molar-refractivity contribution in [2.75, 3.05) is 26.7 Å². The highest BCUT2D eigenvalue weighted by Crippen LogP contribution is 2.21. The van der Waals surface area contributed by atoms with E-state index in [0.29, 0.717) is 16.8 Å². The number of esters is 1. The van der Waals surface area contributed by atoms with Crippen molar-refractivity contribution in [3.05, 3.63) is 90.1 Å². The average molecular weight is 1010 g/mol.